The molecule has 2 amide bonds. The number of nitrogens with one attached hydrogen (secondary N) is 1. The highest BCUT2D eigenvalue weighted by Gasteiger charge is 2.48. The number of carbonyl (C=O) groups excluding carboxylic acids is 2. The number of hydrogen-bond donors (Lipinski definition) is 1. The van der Waals surface area contributed by atoms with Crippen molar-refractivity contribution in [3.8, 4) is 0 Å². The van der Waals surface area contributed by atoms with Crippen molar-refractivity contribution in [2.45, 2.75) is 51.2 Å². The minimum absolute atomic E-state index is 0.105. The third kappa shape index (κ3) is 3.55. The van der Waals surface area contributed by atoms with E-state index in [0.717, 1.165) is 12.8 Å². The highest BCUT2D eigenvalue weighted by molar-refractivity contribution is 5.94. The third-order valence-corrected chi connectivity index (χ3v) is 5.23. The summed E-state index contributed by atoms with van der Waals surface area (Å²) in [7, 11) is 0. The topological polar surface area (TPSA) is 82.7 Å². The Morgan fingerprint density at radius 1 is 1.32 bits per heavy atom. The number of rotatable bonds is 4. The molecule has 2 aliphatic rings. The van der Waals surface area contributed by atoms with E-state index in [1.165, 1.54) is 18.3 Å². The lowest BCUT2D eigenvalue weighted by molar-refractivity contribution is 0.00305. The molecule has 0 unspecified atom stereocenters. The van der Waals surface area contributed by atoms with Crippen molar-refractivity contribution in [3.63, 3.8) is 0 Å². The molecular formula is C18H25N3O4. The molecule has 1 atom stereocenters. The molecule has 1 spiro atoms. The van der Waals surface area contributed by atoms with Crippen molar-refractivity contribution in [1.82, 2.24) is 14.8 Å². The van der Waals surface area contributed by atoms with Crippen LogP contribution < -0.4 is 5.56 Å². The number of aromatic amines is 1. The summed E-state index contributed by atoms with van der Waals surface area (Å²) >= 11 is 0. The third-order valence-electron chi connectivity index (χ3n) is 5.23. The Bertz CT molecular complexity index is 686. The lowest BCUT2D eigenvalue weighted by Gasteiger charge is -2.37. The molecule has 3 rings (SSSR count). The number of piperidine rings is 1. The molecule has 0 radical (unpaired) electrons. The van der Waals surface area contributed by atoms with E-state index in [0.29, 0.717) is 38.0 Å². The molecule has 0 bridgehead atoms. The van der Waals surface area contributed by atoms with Crippen LogP contribution in [0.3, 0.4) is 0 Å². The highest BCUT2D eigenvalue weighted by Crippen LogP contribution is 2.35. The van der Waals surface area contributed by atoms with Crippen molar-refractivity contribution in [1.29, 1.82) is 0 Å². The van der Waals surface area contributed by atoms with Crippen LogP contribution in [0, 0.1) is 0 Å². The zero-order chi connectivity index (χ0) is 18.0. The van der Waals surface area contributed by atoms with E-state index in [4.69, 9.17) is 4.74 Å². The normalized spacial score (nSPS) is 20.6. The monoisotopic (exact) mass is 347 g/mol. The Balaban J connectivity index is 1.62. The molecule has 7 heteroatoms. The first-order valence-electron chi connectivity index (χ1n) is 8.92. The van der Waals surface area contributed by atoms with E-state index in [1.54, 1.807) is 4.90 Å². The average Bonchev–Trinajstić information content (AvgIpc) is 2.92. The Morgan fingerprint density at radius 3 is 2.64 bits per heavy atom. The molecule has 2 saturated heterocycles. The summed E-state index contributed by atoms with van der Waals surface area (Å²) in [4.78, 5) is 42.0. The van der Waals surface area contributed by atoms with Crippen LogP contribution in [0.5, 0.6) is 0 Å². The zero-order valence-electron chi connectivity index (χ0n) is 14.8. The molecule has 25 heavy (non-hydrogen) atoms. The van der Waals surface area contributed by atoms with E-state index < -0.39 is 5.60 Å². The average molecular weight is 347 g/mol. The van der Waals surface area contributed by atoms with Crippen LogP contribution in [0.4, 0.5) is 4.79 Å². The van der Waals surface area contributed by atoms with Crippen LogP contribution >= 0.6 is 0 Å². The van der Waals surface area contributed by atoms with Crippen molar-refractivity contribution >= 4 is 12.0 Å². The predicted molar refractivity (Wildman–Crippen MR) is 92.5 cm³/mol. The van der Waals surface area contributed by atoms with Gasteiger partial charge >= 0.3 is 6.09 Å². The second-order valence-electron chi connectivity index (χ2n) is 7.05. The second kappa shape index (κ2) is 6.90. The number of likely N-dealkylation sites (tertiary alicyclic amines) is 1. The number of hydrogen-bond acceptors (Lipinski definition) is 4. The van der Waals surface area contributed by atoms with Crippen molar-refractivity contribution in [2.24, 2.45) is 0 Å². The predicted octanol–water partition coefficient (Wildman–Crippen LogP) is 1.99. The quantitative estimate of drug-likeness (QED) is 0.903. The first kappa shape index (κ1) is 17.5. The van der Waals surface area contributed by atoms with Crippen molar-refractivity contribution < 1.29 is 14.3 Å². The fourth-order valence-electron chi connectivity index (χ4n) is 3.66. The van der Waals surface area contributed by atoms with Gasteiger partial charge in [0.05, 0.1) is 12.1 Å². The van der Waals surface area contributed by atoms with Gasteiger partial charge in [-0.1, -0.05) is 13.3 Å². The van der Waals surface area contributed by atoms with Gasteiger partial charge in [-0.2, -0.15) is 0 Å². The van der Waals surface area contributed by atoms with Gasteiger partial charge in [0.25, 0.3) is 5.91 Å². The molecule has 0 saturated carbocycles. The first-order valence-corrected chi connectivity index (χ1v) is 8.92. The lowest BCUT2D eigenvalue weighted by Crippen LogP contribution is -2.49. The summed E-state index contributed by atoms with van der Waals surface area (Å²) in [5.74, 6) is -0.105. The molecule has 136 valence electrons. The molecule has 2 fully saturated rings. The number of pyridine rings is 1. The van der Waals surface area contributed by atoms with E-state index in [1.807, 2.05) is 4.90 Å². The second-order valence-corrected chi connectivity index (χ2v) is 7.05. The SMILES string of the molecule is CCC[C@@H](C)N1CC2(CCN(C(=O)c3ccc(=O)[nH]c3)CC2)OC1=O. The zero-order valence-corrected chi connectivity index (χ0v) is 14.8. The number of ether oxygens (including phenoxy) is 1. The van der Waals surface area contributed by atoms with Gasteiger partial charge in [-0.05, 0) is 19.4 Å². The van der Waals surface area contributed by atoms with Crippen LogP contribution in [-0.4, -0.2) is 58.1 Å². The Kier molecular flexibility index (Phi) is 4.83. The van der Waals surface area contributed by atoms with Gasteiger partial charge < -0.3 is 19.5 Å². The van der Waals surface area contributed by atoms with E-state index in [2.05, 4.69) is 18.8 Å². The molecular weight excluding hydrogens is 322 g/mol. The van der Waals surface area contributed by atoms with Crippen LogP contribution in [-0.2, 0) is 4.74 Å². The largest absolute Gasteiger partial charge is 0.441 e. The van der Waals surface area contributed by atoms with Gasteiger partial charge in [-0.15, -0.1) is 0 Å². The van der Waals surface area contributed by atoms with Crippen LogP contribution in [0.15, 0.2) is 23.1 Å². The summed E-state index contributed by atoms with van der Waals surface area (Å²) in [6.07, 6.45) is 4.48. The molecule has 3 heterocycles. The van der Waals surface area contributed by atoms with E-state index in [-0.39, 0.29) is 23.6 Å². The molecule has 0 aromatic carbocycles. The fourth-order valence-corrected chi connectivity index (χ4v) is 3.66. The first-order chi connectivity index (χ1) is 11.9. The minimum Gasteiger partial charge on any atom is -0.441 e. The molecule has 1 aromatic rings. The van der Waals surface area contributed by atoms with E-state index in [9.17, 15) is 14.4 Å². The Labute approximate surface area is 147 Å². The summed E-state index contributed by atoms with van der Waals surface area (Å²) in [5, 5.41) is 0. The Morgan fingerprint density at radius 2 is 2.04 bits per heavy atom. The van der Waals surface area contributed by atoms with Crippen LogP contribution in [0.1, 0.15) is 49.9 Å². The number of H-pyrrole nitrogens is 1. The molecule has 7 nitrogen and oxygen atoms in total. The van der Waals surface area contributed by atoms with Gasteiger partial charge in [0.15, 0.2) is 0 Å². The van der Waals surface area contributed by atoms with Gasteiger partial charge in [0.2, 0.25) is 5.56 Å². The summed E-state index contributed by atoms with van der Waals surface area (Å²) in [6, 6.07) is 3.07. The van der Waals surface area contributed by atoms with Crippen LogP contribution in [0.25, 0.3) is 0 Å². The Hall–Kier alpha value is -2.31. The maximum absolute atomic E-state index is 12.5. The molecule has 0 aliphatic carbocycles. The van der Waals surface area contributed by atoms with Gasteiger partial charge in [-0.25, -0.2) is 4.79 Å². The summed E-state index contributed by atoms with van der Waals surface area (Å²) in [5.41, 5.74) is -0.230. The number of carbonyl (C=O) groups is 2. The summed E-state index contributed by atoms with van der Waals surface area (Å²) < 4.78 is 5.72. The van der Waals surface area contributed by atoms with Gasteiger partial charge in [0.1, 0.15) is 5.60 Å². The van der Waals surface area contributed by atoms with Gasteiger partial charge in [0, 0.05) is 44.2 Å². The maximum Gasteiger partial charge on any atom is 0.410 e. The standard InChI is InChI=1S/C18H25N3O4/c1-3-4-13(2)21-12-18(25-17(21)24)7-9-20(10-8-18)16(23)14-5-6-15(22)19-11-14/h5-6,11,13H,3-4,7-10,12H2,1-2H3,(H,19,22)/t13-/m1/s1. The maximum atomic E-state index is 12.5. The fraction of sp³-hybridized carbons (Fsp3) is 0.611. The number of nitrogens with zero attached hydrogens (tertiary/aromatic N) is 2. The molecule has 1 N–H and O–H groups in total. The summed E-state index contributed by atoms with van der Waals surface area (Å²) in [6.45, 7) is 5.85. The number of aromatic nitrogens is 1. The number of amides is 2. The molecule has 2 aliphatic heterocycles. The van der Waals surface area contributed by atoms with Crippen LogP contribution in [0.2, 0.25) is 0 Å². The van der Waals surface area contributed by atoms with Gasteiger partial charge in [-0.3, -0.25) is 9.59 Å². The van der Waals surface area contributed by atoms with Crippen molar-refractivity contribution in [3.05, 3.63) is 34.2 Å². The minimum atomic E-state index is -0.471. The highest BCUT2D eigenvalue weighted by atomic mass is 16.6. The smallest absolute Gasteiger partial charge is 0.410 e. The lowest BCUT2D eigenvalue weighted by atomic mass is 9.90. The van der Waals surface area contributed by atoms with E-state index >= 15 is 0 Å². The molecule has 1 aromatic heterocycles. The van der Waals surface area contributed by atoms with Crippen molar-refractivity contribution in [2.75, 3.05) is 19.6 Å².